The van der Waals surface area contributed by atoms with E-state index in [9.17, 15) is 4.79 Å². The Hall–Kier alpha value is -3.15. The second kappa shape index (κ2) is 7.70. The van der Waals surface area contributed by atoms with Gasteiger partial charge in [-0.15, -0.1) is 5.10 Å². The van der Waals surface area contributed by atoms with Crippen LogP contribution in [0.25, 0.3) is 11.1 Å². The Morgan fingerprint density at radius 3 is 2.52 bits per heavy atom. The molecular formula is C23H24N4O2. The van der Waals surface area contributed by atoms with Crippen LogP contribution in [0.4, 0.5) is 0 Å². The molecule has 29 heavy (non-hydrogen) atoms. The normalized spacial score (nSPS) is 18.8. The molecule has 1 aliphatic carbocycles. The summed E-state index contributed by atoms with van der Waals surface area (Å²) in [4.78, 5) is 14.4. The van der Waals surface area contributed by atoms with Crippen molar-refractivity contribution in [2.45, 2.75) is 31.2 Å². The van der Waals surface area contributed by atoms with Gasteiger partial charge in [0.25, 0.3) is 5.91 Å². The lowest BCUT2D eigenvalue weighted by Crippen LogP contribution is -2.33. The standard InChI is InChI=1S/C23H24N4O2/c28-23(16-29-21-10-8-18(9-11-21)17-4-2-1-3-5-17)26-13-12-20(14-26)27-15-22(24-25-27)19-6-7-19/h1-5,8-11,15,19-20H,6-7,12-14,16H2. The van der Waals surface area contributed by atoms with Gasteiger partial charge in [0.15, 0.2) is 6.61 Å². The van der Waals surface area contributed by atoms with E-state index in [2.05, 4.69) is 28.6 Å². The van der Waals surface area contributed by atoms with Crippen LogP contribution in [0.3, 0.4) is 0 Å². The smallest absolute Gasteiger partial charge is 0.260 e. The van der Waals surface area contributed by atoms with E-state index in [4.69, 9.17) is 4.74 Å². The number of likely N-dealkylation sites (tertiary alicyclic amines) is 1. The van der Waals surface area contributed by atoms with Gasteiger partial charge in [-0.3, -0.25) is 4.79 Å². The van der Waals surface area contributed by atoms with Crippen LogP contribution in [0.2, 0.25) is 0 Å². The van der Waals surface area contributed by atoms with E-state index in [-0.39, 0.29) is 18.6 Å². The lowest BCUT2D eigenvalue weighted by atomic mass is 10.1. The number of nitrogens with zero attached hydrogens (tertiary/aromatic N) is 4. The molecule has 1 aliphatic heterocycles. The number of carbonyl (C=O) groups excluding carboxylic acids is 1. The minimum atomic E-state index is 0.0159. The first-order chi connectivity index (χ1) is 14.3. The summed E-state index contributed by atoms with van der Waals surface area (Å²) in [6.07, 6.45) is 5.40. The Morgan fingerprint density at radius 2 is 1.76 bits per heavy atom. The van der Waals surface area contributed by atoms with E-state index in [0.29, 0.717) is 18.2 Å². The summed E-state index contributed by atoms with van der Waals surface area (Å²) in [7, 11) is 0. The average Bonchev–Trinajstić information content (AvgIpc) is 3.29. The quantitative estimate of drug-likeness (QED) is 0.646. The second-order valence-corrected chi connectivity index (χ2v) is 7.86. The van der Waals surface area contributed by atoms with E-state index < -0.39 is 0 Å². The average molecular weight is 388 g/mol. The van der Waals surface area contributed by atoms with Crippen molar-refractivity contribution in [2.75, 3.05) is 19.7 Å². The van der Waals surface area contributed by atoms with Gasteiger partial charge in [-0.05, 0) is 42.5 Å². The number of aromatic nitrogens is 3. The zero-order valence-electron chi connectivity index (χ0n) is 16.3. The monoisotopic (exact) mass is 388 g/mol. The summed E-state index contributed by atoms with van der Waals surface area (Å²) < 4.78 is 7.66. The molecule has 1 atom stereocenters. The minimum Gasteiger partial charge on any atom is -0.484 e. The van der Waals surface area contributed by atoms with Gasteiger partial charge in [-0.1, -0.05) is 47.7 Å². The number of carbonyl (C=O) groups is 1. The fraction of sp³-hybridized carbons (Fsp3) is 0.348. The fourth-order valence-electron chi connectivity index (χ4n) is 3.83. The lowest BCUT2D eigenvalue weighted by molar-refractivity contribution is -0.132. The molecule has 3 aromatic rings. The maximum Gasteiger partial charge on any atom is 0.260 e. The van der Waals surface area contributed by atoms with Crippen LogP contribution in [-0.4, -0.2) is 45.5 Å². The van der Waals surface area contributed by atoms with E-state index in [1.165, 1.54) is 12.8 Å². The Labute approximate surface area is 170 Å². The third-order valence-electron chi connectivity index (χ3n) is 5.74. The van der Waals surface area contributed by atoms with Gasteiger partial charge in [0.2, 0.25) is 0 Å². The predicted octanol–water partition coefficient (Wildman–Crippen LogP) is 3.67. The van der Waals surface area contributed by atoms with Gasteiger partial charge in [0.05, 0.1) is 11.7 Å². The van der Waals surface area contributed by atoms with Crippen molar-refractivity contribution in [3.63, 3.8) is 0 Å². The van der Waals surface area contributed by atoms with Gasteiger partial charge in [0.1, 0.15) is 5.75 Å². The molecule has 5 rings (SSSR count). The Balaban J connectivity index is 1.14. The molecule has 0 spiro atoms. The van der Waals surface area contributed by atoms with Crippen molar-refractivity contribution in [3.8, 4) is 16.9 Å². The summed E-state index contributed by atoms with van der Waals surface area (Å²) >= 11 is 0. The molecule has 148 valence electrons. The molecule has 6 heteroatoms. The molecule has 2 aromatic carbocycles. The molecule has 2 heterocycles. The summed E-state index contributed by atoms with van der Waals surface area (Å²) in [5.41, 5.74) is 3.39. The molecule has 2 aliphatic rings. The van der Waals surface area contributed by atoms with Crippen molar-refractivity contribution in [3.05, 3.63) is 66.5 Å². The number of rotatable bonds is 6. The van der Waals surface area contributed by atoms with Crippen molar-refractivity contribution >= 4 is 5.91 Å². The molecule has 1 unspecified atom stereocenters. The van der Waals surface area contributed by atoms with Crippen LogP contribution in [0.1, 0.15) is 36.9 Å². The number of benzene rings is 2. The highest BCUT2D eigenvalue weighted by Gasteiger charge is 2.31. The van der Waals surface area contributed by atoms with Gasteiger partial charge in [0, 0.05) is 25.2 Å². The summed E-state index contributed by atoms with van der Waals surface area (Å²) in [5.74, 6) is 1.32. The van der Waals surface area contributed by atoms with Crippen molar-refractivity contribution in [1.82, 2.24) is 19.9 Å². The minimum absolute atomic E-state index is 0.0159. The highest BCUT2D eigenvalue weighted by molar-refractivity contribution is 5.78. The zero-order chi connectivity index (χ0) is 19.6. The Kier molecular flexibility index (Phi) is 4.76. The van der Waals surface area contributed by atoms with E-state index >= 15 is 0 Å². The third kappa shape index (κ3) is 4.01. The lowest BCUT2D eigenvalue weighted by Gasteiger charge is -2.17. The van der Waals surface area contributed by atoms with Crippen LogP contribution in [-0.2, 0) is 4.79 Å². The first kappa shape index (κ1) is 17.9. The molecule has 1 saturated carbocycles. The van der Waals surface area contributed by atoms with Gasteiger partial charge in [-0.25, -0.2) is 4.68 Å². The van der Waals surface area contributed by atoms with E-state index in [1.807, 2.05) is 52.0 Å². The first-order valence-corrected chi connectivity index (χ1v) is 10.2. The molecule has 1 amide bonds. The molecule has 2 fully saturated rings. The molecule has 0 radical (unpaired) electrons. The third-order valence-corrected chi connectivity index (χ3v) is 5.74. The zero-order valence-corrected chi connectivity index (χ0v) is 16.3. The second-order valence-electron chi connectivity index (χ2n) is 7.86. The van der Waals surface area contributed by atoms with Crippen molar-refractivity contribution in [2.24, 2.45) is 0 Å². The maximum atomic E-state index is 12.6. The highest BCUT2D eigenvalue weighted by atomic mass is 16.5. The SMILES string of the molecule is O=C(COc1ccc(-c2ccccc2)cc1)N1CCC(n2cc(C3CC3)nn2)C1. The molecule has 0 N–H and O–H groups in total. The van der Waals surface area contributed by atoms with Crippen LogP contribution >= 0.6 is 0 Å². The first-order valence-electron chi connectivity index (χ1n) is 10.2. The molecular weight excluding hydrogens is 364 g/mol. The largest absolute Gasteiger partial charge is 0.484 e. The predicted molar refractivity (Wildman–Crippen MR) is 110 cm³/mol. The molecule has 6 nitrogen and oxygen atoms in total. The van der Waals surface area contributed by atoms with E-state index in [0.717, 1.165) is 29.8 Å². The topological polar surface area (TPSA) is 60.2 Å². The highest BCUT2D eigenvalue weighted by Crippen LogP contribution is 2.39. The summed E-state index contributed by atoms with van der Waals surface area (Å²) in [5, 5.41) is 8.56. The number of amides is 1. The van der Waals surface area contributed by atoms with Crippen LogP contribution in [0.15, 0.2) is 60.8 Å². The van der Waals surface area contributed by atoms with Crippen LogP contribution < -0.4 is 4.74 Å². The molecule has 1 aromatic heterocycles. The Bertz CT molecular complexity index is 980. The summed E-state index contributed by atoms with van der Waals surface area (Å²) in [6, 6.07) is 18.3. The number of ether oxygens (including phenoxy) is 1. The van der Waals surface area contributed by atoms with Crippen molar-refractivity contribution in [1.29, 1.82) is 0 Å². The Morgan fingerprint density at radius 1 is 1.00 bits per heavy atom. The number of hydrogen-bond acceptors (Lipinski definition) is 4. The van der Waals surface area contributed by atoms with Crippen molar-refractivity contribution < 1.29 is 9.53 Å². The molecule has 0 bridgehead atoms. The maximum absolute atomic E-state index is 12.6. The van der Waals surface area contributed by atoms with E-state index in [1.54, 1.807) is 0 Å². The van der Waals surface area contributed by atoms with Crippen LogP contribution in [0.5, 0.6) is 5.75 Å². The molecule has 1 saturated heterocycles. The van der Waals surface area contributed by atoms with Crippen LogP contribution in [0, 0.1) is 0 Å². The summed E-state index contributed by atoms with van der Waals surface area (Å²) in [6.45, 7) is 1.46. The van der Waals surface area contributed by atoms with Gasteiger partial charge < -0.3 is 9.64 Å². The fourth-order valence-corrected chi connectivity index (χ4v) is 3.83. The van der Waals surface area contributed by atoms with Gasteiger partial charge in [-0.2, -0.15) is 0 Å². The number of hydrogen-bond donors (Lipinski definition) is 0. The van der Waals surface area contributed by atoms with Gasteiger partial charge >= 0.3 is 0 Å².